The van der Waals surface area contributed by atoms with E-state index in [1.165, 1.54) is 0 Å². The molecule has 2 amide bonds. The maximum Gasteiger partial charge on any atom is 0.423 e. The minimum absolute atomic E-state index is 0.0519. The number of aromatic nitrogens is 6. The Kier molecular flexibility index (Phi) is 8.78. The predicted molar refractivity (Wildman–Crippen MR) is 157 cm³/mol. The van der Waals surface area contributed by atoms with E-state index in [-0.39, 0.29) is 37.3 Å². The van der Waals surface area contributed by atoms with E-state index in [0.717, 1.165) is 17.3 Å². The van der Waals surface area contributed by atoms with Crippen LogP contribution in [0.5, 0.6) is 5.88 Å². The number of carbonyl (C=O) groups excluding carboxylic acids is 1. The van der Waals surface area contributed by atoms with Crippen LogP contribution >= 0.6 is 0 Å². The minimum atomic E-state index is -4.65. The molecule has 1 aromatic carbocycles. The molecule has 0 atom stereocenters. The van der Waals surface area contributed by atoms with Crippen LogP contribution in [-0.4, -0.2) is 67.1 Å². The van der Waals surface area contributed by atoms with E-state index in [0.29, 0.717) is 43.7 Å². The molecule has 1 aliphatic heterocycles. The van der Waals surface area contributed by atoms with E-state index < -0.39 is 23.7 Å². The van der Waals surface area contributed by atoms with Crippen LogP contribution in [0.15, 0.2) is 61.3 Å². The number of carbonyl (C=O) groups is 1. The third-order valence-corrected chi connectivity index (χ3v) is 7.73. The van der Waals surface area contributed by atoms with Crippen molar-refractivity contribution in [1.82, 2.24) is 35.0 Å². The summed E-state index contributed by atoms with van der Waals surface area (Å²) in [7, 11) is 1.82. The summed E-state index contributed by atoms with van der Waals surface area (Å²) in [5.41, 5.74) is 1.37. The average molecular weight is 624 g/mol. The summed E-state index contributed by atoms with van der Waals surface area (Å²) in [5, 5.41) is 10.3. The number of hydrogen-bond donors (Lipinski definition) is 2. The Morgan fingerprint density at radius 3 is 2.44 bits per heavy atom. The first-order chi connectivity index (χ1) is 21.7. The zero-order valence-corrected chi connectivity index (χ0v) is 24.4. The molecule has 2 aliphatic rings. The summed E-state index contributed by atoms with van der Waals surface area (Å²) in [6, 6.07) is 8.99. The molecule has 236 valence electrons. The molecule has 2 fully saturated rings. The second-order valence-electron chi connectivity index (χ2n) is 11.0. The number of amides is 2. The van der Waals surface area contributed by atoms with Crippen LogP contribution in [0.1, 0.15) is 36.8 Å². The van der Waals surface area contributed by atoms with Gasteiger partial charge in [-0.1, -0.05) is 30.3 Å². The molecule has 4 aromatic rings. The number of urea groups is 1. The summed E-state index contributed by atoms with van der Waals surface area (Å²) in [5.74, 6) is -0.0509. The largest absolute Gasteiger partial charge is 0.469 e. The Bertz CT molecular complexity index is 1590. The Morgan fingerprint density at radius 1 is 1.04 bits per heavy atom. The van der Waals surface area contributed by atoms with Crippen molar-refractivity contribution in [3.05, 3.63) is 72.4 Å². The lowest BCUT2D eigenvalue weighted by molar-refractivity contribution is -0.142. The van der Waals surface area contributed by atoms with Gasteiger partial charge in [0.25, 0.3) is 0 Å². The number of ether oxygens (including phenoxy) is 2. The van der Waals surface area contributed by atoms with Crippen LogP contribution in [0.25, 0.3) is 11.3 Å². The number of anilines is 2. The first kappa shape index (κ1) is 30.2. The number of rotatable bonds is 9. The van der Waals surface area contributed by atoms with Gasteiger partial charge in [-0.3, -0.25) is 14.6 Å². The van der Waals surface area contributed by atoms with Crippen molar-refractivity contribution in [2.45, 2.75) is 56.6 Å². The van der Waals surface area contributed by atoms with Crippen LogP contribution in [0, 0.1) is 0 Å². The van der Waals surface area contributed by atoms with Crippen molar-refractivity contribution in [2.75, 3.05) is 23.4 Å². The third-order valence-electron chi connectivity index (χ3n) is 7.73. The van der Waals surface area contributed by atoms with Crippen molar-refractivity contribution in [1.29, 1.82) is 0 Å². The lowest BCUT2D eigenvalue weighted by Gasteiger charge is -2.36. The van der Waals surface area contributed by atoms with Gasteiger partial charge in [-0.15, -0.1) is 0 Å². The molecule has 1 aliphatic carbocycles. The smallest absolute Gasteiger partial charge is 0.423 e. The fourth-order valence-electron chi connectivity index (χ4n) is 5.28. The molecular formula is C30H32F3N9O3. The van der Waals surface area contributed by atoms with Gasteiger partial charge in [0.2, 0.25) is 11.8 Å². The second kappa shape index (κ2) is 13.1. The normalized spacial score (nSPS) is 18.6. The molecule has 4 heterocycles. The van der Waals surface area contributed by atoms with Crippen LogP contribution in [-0.2, 0) is 24.5 Å². The van der Waals surface area contributed by atoms with E-state index in [1.54, 1.807) is 28.2 Å². The summed E-state index contributed by atoms with van der Waals surface area (Å²) < 4.78 is 52.7. The summed E-state index contributed by atoms with van der Waals surface area (Å²) >= 11 is 0. The van der Waals surface area contributed by atoms with E-state index in [1.807, 2.05) is 43.6 Å². The maximum atomic E-state index is 13.6. The average Bonchev–Trinajstić information content (AvgIpc) is 3.45. The first-order valence-electron chi connectivity index (χ1n) is 14.6. The number of nitrogens with one attached hydrogen (secondary N) is 2. The summed E-state index contributed by atoms with van der Waals surface area (Å²) in [6.45, 7) is 0.761. The highest BCUT2D eigenvalue weighted by atomic mass is 19.4. The molecule has 0 spiro atoms. The molecule has 1 saturated carbocycles. The highest BCUT2D eigenvalue weighted by Crippen LogP contribution is 2.36. The molecule has 15 heteroatoms. The number of nitrogens with zero attached hydrogens (tertiary/aromatic N) is 7. The van der Waals surface area contributed by atoms with Crippen molar-refractivity contribution in [3.63, 3.8) is 0 Å². The van der Waals surface area contributed by atoms with Crippen molar-refractivity contribution in [2.24, 2.45) is 7.05 Å². The third kappa shape index (κ3) is 7.30. The van der Waals surface area contributed by atoms with Gasteiger partial charge < -0.3 is 20.1 Å². The molecule has 45 heavy (non-hydrogen) atoms. The van der Waals surface area contributed by atoms with Crippen LogP contribution in [0.3, 0.4) is 0 Å². The lowest BCUT2D eigenvalue weighted by Crippen LogP contribution is -2.49. The number of alkyl halides is 3. The lowest BCUT2D eigenvalue weighted by atomic mass is 9.90. The SMILES string of the molecule is Cn1cc(-c2cnc(N(C(=O)NCc3ccccc3)[C@H]3CC[C@H](Nc4ncc(C(F)(F)F)c(OC5COC5)n4)CC3)cn2)cn1. The molecule has 1 saturated heterocycles. The molecule has 12 nitrogen and oxygen atoms in total. The number of aryl methyl sites for hydroxylation is 1. The van der Waals surface area contributed by atoms with E-state index >= 15 is 0 Å². The standard InChI is InChI=1S/C30H32F3N9O3/c1-41-16-20(12-38-41)25-14-35-26(15-34-25)42(29(43)37-11-19-5-3-2-4-6-19)22-9-7-21(8-10-22)39-28-36-13-24(30(31,32)33)27(40-28)45-23-17-44-18-23/h2-6,12-16,21-23H,7-11,17-18H2,1H3,(H,37,43)(H,36,39,40)/t21-,22-. The topological polar surface area (TPSA) is 132 Å². The number of hydrogen-bond acceptors (Lipinski definition) is 9. The quantitative estimate of drug-likeness (QED) is 0.275. The molecule has 2 N–H and O–H groups in total. The molecular weight excluding hydrogens is 591 g/mol. The summed E-state index contributed by atoms with van der Waals surface area (Å²) in [4.78, 5) is 32.3. The van der Waals surface area contributed by atoms with Crippen molar-refractivity contribution < 1.29 is 27.4 Å². The van der Waals surface area contributed by atoms with Gasteiger partial charge >= 0.3 is 12.2 Å². The zero-order valence-electron chi connectivity index (χ0n) is 24.4. The van der Waals surface area contributed by atoms with Crippen LogP contribution < -0.4 is 20.3 Å². The van der Waals surface area contributed by atoms with Crippen LogP contribution in [0.4, 0.5) is 29.7 Å². The van der Waals surface area contributed by atoms with Gasteiger partial charge in [0.15, 0.2) is 5.82 Å². The fraction of sp³-hybridized carbons (Fsp3) is 0.400. The van der Waals surface area contributed by atoms with Gasteiger partial charge in [0, 0.05) is 43.6 Å². The predicted octanol–water partition coefficient (Wildman–Crippen LogP) is 4.60. The number of halogens is 3. The first-order valence-corrected chi connectivity index (χ1v) is 14.6. The van der Waals surface area contributed by atoms with Gasteiger partial charge in [-0.25, -0.2) is 14.8 Å². The molecule has 0 unspecified atom stereocenters. The molecule has 0 bridgehead atoms. The van der Waals surface area contributed by atoms with Crippen LogP contribution in [0.2, 0.25) is 0 Å². The highest BCUT2D eigenvalue weighted by molar-refractivity contribution is 5.91. The zero-order chi connectivity index (χ0) is 31.4. The van der Waals surface area contributed by atoms with Gasteiger partial charge in [0.1, 0.15) is 11.7 Å². The second-order valence-corrected chi connectivity index (χ2v) is 11.0. The Morgan fingerprint density at radius 2 is 1.82 bits per heavy atom. The Hall–Kier alpha value is -4.79. The minimum Gasteiger partial charge on any atom is -0.469 e. The van der Waals surface area contributed by atoms with Crippen molar-refractivity contribution >= 4 is 17.8 Å². The fourth-order valence-corrected chi connectivity index (χ4v) is 5.28. The van der Waals surface area contributed by atoms with Gasteiger partial charge in [0.05, 0.1) is 37.5 Å². The summed E-state index contributed by atoms with van der Waals surface area (Å²) in [6.07, 6.45) is 4.77. The molecule has 3 aromatic heterocycles. The Balaban J connectivity index is 1.15. The highest BCUT2D eigenvalue weighted by Gasteiger charge is 2.38. The van der Waals surface area contributed by atoms with Gasteiger partial charge in [-0.05, 0) is 31.2 Å². The Labute approximate surface area is 257 Å². The molecule has 6 rings (SSSR count). The van der Waals surface area contributed by atoms with Gasteiger partial charge in [-0.2, -0.15) is 23.3 Å². The molecule has 0 radical (unpaired) electrons. The number of benzene rings is 1. The maximum absolute atomic E-state index is 13.6. The monoisotopic (exact) mass is 623 g/mol. The van der Waals surface area contributed by atoms with E-state index in [9.17, 15) is 18.0 Å². The van der Waals surface area contributed by atoms with Crippen molar-refractivity contribution in [3.8, 4) is 17.1 Å². The van der Waals surface area contributed by atoms with E-state index in [2.05, 4.69) is 35.7 Å². The van der Waals surface area contributed by atoms with E-state index in [4.69, 9.17) is 9.47 Å².